The highest BCUT2D eigenvalue weighted by Gasteiger charge is 2.55. The average molecular weight is 423 g/mol. The number of hydrogen-bond acceptors (Lipinski definition) is 4. The molecule has 168 valence electrons. The second kappa shape index (κ2) is 8.00. The van der Waals surface area contributed by atoms with Crippen LogP contribution in [0.15, 0.2) is 30.6 Å². The van der Waals surface area contributed by atoms with Crippen LogP contribution in [-0.2, 0) is 12.8 Å². The van der Waals surface area contributed by atoms with E-state index in [9.17, 15) is 5.11 Å². The summed E-state index contributed by atoms with van der Waals surface area (Å²) in [5, 5.41) is 15.3. The van der Waals surface area contributed by atoms with Crippen LogP contribution in [0.1, 0.15) is 51.3 Å². The summed E-state index contributed by atoms with van der Waals surface area (Å²) in [7, 11) is 0. The maximum absolute atomic E-state index is 10.5. The molecule has 0 aromatic carbocycles. The van der Waals surface area contributed by atoms with Gasteiger partial charge in [-0.3, -0.25) is 0 Å². The fraction of sp³-hybridized carbons (Fsp3) is 0.692. The first-order chi connectivity index (χ1) is 15.0. The third kappa shape index (κ3) is 3.36. The van der Waals surface area contributed by atoms with E-state index in [1.165, 1.54) is 24.8 Å². The van der Waals surface area contributed by atoms with Gasteiger partial charge in [0.2, 0.25) is 0 Å². The zero-order valence-electron chi connectivity index (χ0n) is 19.2. The lowest BCUT2D eigenvalue weighted by Crippen LogP contribution is -2.53. The van der Waals surface area contributed by atoms with Crippen molar-refractivity contribution in [1.82, 2.24) is 14.8 Å². The van der Waals surface area contributed by atoms with Crippen LogP contribution < -0.4 is 5.73 Å². The molecule has 0 unspecified atom stereocenters. The highest BCUT2D eigenvalue weighted by molar-refractivity contribution is 5.30. The minimum Gasteiger partial charge on any atom is -0.396 e. The van der Waals surface area contributed by atoms with Crippen LogP contribution in [0.25, 0.3) is 5.82 Å². The lowest BCUT2D eigenvalue weighted by atomic mass is 9.50. The van der Waals surface area contributed by atoms with Gasteiger partial charge in [-0.25, -0.2) is 9.67 Å². The van der Waals surface area contributed by atoms with Crippen LogP contribution in [0.2, 0.25) is 0 Å². The van der Waals surface area contributed by atoms with Crippen LogP contribution in [0, 0.1) is 46.8 Å². The highest BCUT2D eigenvalue weighted by Crippen LogP contribution is 2.59. The van der Waals surface area contributed by atoms with Crippen molar-refractivity contribution in [3.63, 3.8) is 0 Å². The molecule has 2 saturated carbocycles. The molecule has 2 aromatic rings. The molecule has 2 fully saturated rings. The maximum Gasteiger partial charge on any atom is 0.153 e. The number of nitrogens with two attached hydrogens (primary N) is 1. The number of nitrogens with zero attached hydrogens (tertiary/aromatic N) is 3. The number of aliphatic hydroxyl groups excluding tert-OH is 1. The molecule has 0 saturated heterocycles. The average Bonchev–Trinajstić information content (AvgIpc) is 3.37. The SMILES string of the molecule is C[C@@H]1C[C@H]([C@@]2(C)Cc3cn(-c4ccccn4)nc3C[C@@H]2CO)[C@@H](CN)[C@H]2CC[C@H](C)[C@@H]21. The Morgan fingerprint density at radius 3 is 2.77 bits per heavy atom. The van der Waals surface area contributed by atoms with Gasteiger partial charge in [0.05, 0.1) is 5.69 Å². The Labute approximate surface area is 186 Å². The Morgan fingerprint density at radius 2 is 2.06 bits per heavy atom. The molecule has 2 heterocycles. The van der Waals surface area contributed by atoms with Gasteiger partial charge in [-0.15, -0.1) is 0 Å². The Hall–Kier alpha value is -1.72. The largest absolute Gasteiger partial charge is 0.396 e. The number of aromatic nitrogens is 3. The van der Waals surface area contributed by atoms with Gasteiger partial charge in [0, 0.05) is 19.0 Å². The topological polar surface area (TPSA) is 77.0 Å². The molecule has 0 radical (unpaired) electrons. The van der Waals surface area contributed by atoms with Gasteiger partial charge in [0.15, 0.2) is 5.82 Å². The number of rotatable bonds is 4. The molecule has 0 aliphatic heterocycles. The van der Waals surface area contributed by atoms with Crippen molar-refractivity contribution >= 4 is 0 Å². The van der Waals surface area contributed by atoms with Gasteiger partial charge in [-0.1, -0.05) is 33.3 Å². The van der Waals surface area contributed by atoms with E-state index < -0.39 is 0 Å². The normalized spacial score (nSPS) is 39.8. The first-order valence-electron chi connectivity index (χ1n) is 12.3. The fourth-order valence-electron chi connectivity index (χ4n) is 7.97. The lowest BCUT2D eigenvalue weighted by Gasteiger charge is -2.55. The molecule has 3 N–H and O–H groups in total. The molecule has 5 nitrogen and oxygen atoms in total. The number of fused-ring (bicyclic) bond motifs is 2. The summed E-state index contributed by atoms with van der Waals surface area (Å²) in [5.41, 5.74) is 8.98. The summed E-state index contributed by atoms with van der Waals surface area (Å²) in [6.07, 6.45) is 9.72. The molecule has 5 rings (SSSR count). The van der Waals surface area contributed by atoms with Crippen molar-refractivity contribution in [2.75, 3.05) is 13.2 Å². The summed E-state index contributed by atoms with van der Waals surface area (Å²) in [5.74, 6) is 5.35. The van der Waals surface area contributed by atoms with Gasteiger partial charge in [-0.2, -0.15) is 5.10 Å². The predicted octanol–water partition coefficient (Wildman–Crippen LogP) is 3.87. The first kappa shape index (κ1) is 21.1. The van der Waals surface area contributed by atoms with Crippen molar-refractivity contribution in [2.24, 2.45) is 52.6 Å². The third-order valence-electron chi connectivity index (χ3n) is 9.50. The van der Waals surface area contributed by atoms with Gasteiger partial charge in [0.1, 0.15) is 0 Å². The van der Waals surface area contributed by atoms with E-state index in [4.69, 9.17) is 10.8 Å². The molecule has 0 amide bonds. The Morgan fingerprint density at radius 1 is 1.23 bits per heavy atom. The number of aliphatic hydroxyl groups is 1. The van der Waals surface area contributed by atoms with Crippen LogP contribution in [-0.4, -0.2) is 33.0 Å². The molecule has 8 atom stereocenters. The molecule has 0 spiro atoms. The lowest BCUT2D eigenvalue weighted by molar-refractivity contribution is -0.0605. The van der Waals surface area contributed by atoms with E-state index in [2.05, 4.69) is 32.0 Å². The van der Waals surface area contributed by atoms with Gasteiger partial charge in [0.25, 0.3) is 0 Å². The highest BCUT2D eigenvalue weighted by atomic mass is 16.3. The predicted molar refractivity (Wildman–Crippen MR) is 123 cm³/mol. The molecule has 2 aromatic heterocycles. The second-order valence-corrected chi connectivity index (χ2v) is 11.0. The van der Waals surface area contributed by atoms with Crippen LogP contribution >= 0.6 is 0 Å². The van der Waals surface area contributed by atoms with E-state index >= 15 is 0 Å². The minimum atomic E-state index is 0.0504. The van der Waals surface area contributed by atoms with Crippen molar-refractivity contribution < 1.29 is 5.11 Å². The molecule has 5 heteroatoms. The van der Waals surface area contributed by atoms with Gasteiger partial charge >= 0.3 is 0 Å². The van der Waals surface area contributed by atoms with E-state index in [0.717, 1.165) is 54.6 Å². The summed E-state index contributed by atoms with van der Waals surface area (Å²) >= 11 is 0. The van der Waals surface area contributed by atoms with Crippen LogP contribution in [0.3, 0.4) is 0 Å². The zero-order valence-corrected chi connectivity index (χ0v) is 19.2. The Bertz CT molecular complexity index is 911. The fourth-order valence-corrected chi connectivity index (χ4v) is 7.97. The Balaban J connectivity index is 1.49. The van der Waals surface area contributed by atoms with Crippen molar-refractivity contribution in [3.05, 3.63) is 41.9 Å². The number of pyridine rings is 1. The smallest absolute Gasteiger partial charge is 0.153 e. The third-order valence-corrected chi connectivity index (χ3v) is 9.50. The molecule has 31 heavy (non-hydrogen) atoms. The quantitative estimate of drug-likeness (QED) is 0.784. The molecular weight excluding hydrogens is 384 g/mol. The van der Waals surface area contributed by atoms with E-state index in [1.807, 2.05) is 29.1 Å². The van der Waals surface area contributed by atoms with E-state index in [1.54, 1.807) is 0 Å². The van der Waals surface area contributed by atoms with E-state index in [-0.39, 0.29) is 17.9 Å². The van der Waals surface area contributed by atoms with Gasteiger partial charge < -0.3 is 10.8 Å². The summed E-state index contributed by atoms with van der Waals surface area (Å²) in [4.78, 5) is 4.47. The monoisotopic (exact) mass is 422 g/mol. The molecule has 0 bridgehead atoms. The van der Waals surface area contributed by atoms with Crippen LogP contribution in [0.4, 0.5) is 0 Å². The zero-order chi connectivity index (χ0) is 21.8. The molecular formula is C26H38N4O. The minimum absolute atomic E-state index is 0.0504. The first-order valence-corrected chi connectivity index (χ1v) is 12.3. The van der Waals surface area contributed by atoms with E-state index in [0.29, 0.717) is 11.8 Å². The van der Waals surface area contributed by atoms with Crippen LogP contribution in [0.5, 0.6) is 0 Å². The Kier molecular flexibility index (Phi) is 5.46. The standard InChI is InChI=1S/C26H38N4O/c1-16-7-8-20-21(13-27)22(10-17(2)25(16)20)26(3)12-18-14-30(24-6-4-5-9-28-24)29-23(18)11-19(26)15-31/h4-6,9,14,16-17,19-22,25,31H,7-8,10-13,15,27H2,1-3H3/t16-,17+,19+,20+,21-,22-,25+,26-/m0/s1. The summed E-state index contributed by atoms with van der Waals surface area (Å²) < 4.78 is 1.92. The van der Waals surface area contributed by atoms with Crippen molar-refractivity contribution in [1.29, 1.82) is 0 Å². The molecule has 3 aliphatic carbocycles. The molecule has 3 aliphatic rings. The summed E-state index contributed by atoms with van der Waals surface area (Å²) in [6.45, 7) is 8.36. The maximum atomic E-state index is 10.5. The van der Waals surface area contributed by atoms with Crippen molar-refractivity contribution in [3.8, 4) is 5.82 Å². The van der Waals surface area contributed by atoms with Gasteiger partial charge in [-0.05, 0) is 96.8 Å². The van der Waals surface area contributed by atoms with Crippen molar-refractivity contribution in [2.45, 2.75) is 52.9 Å². The summed E-state index contributed by atoms with van der Waals surface area (Å²) in [6, 6.07) is 5.92. The number of hydrogen-bond donors (Lipinski definition) is 2. The second-order valence-electron chi connectivity index (χ2n) is 11.0.